The van der Waals surface area contributed by atoms with Gasteiger partial charge in [0, 0.05) is 21.7 Å². The lowest BCUT2D eigenvalue weighted by Crippen LogP contribution is -2.75. The molecule has 0 spiro atoms. The Kier molecular flexibility index (Phi) is 8.59. The lowest BCUT2D eigenvalue weighted by atomic mass is 9.91. The minimum absolute atomic E-state index is 0.00191. The molecule has 2 aromatic carbocycles. The highest BCUT2D eigenvalue weighted by Crippen LogP contribution is 2.64. The summed E-state index contributed by atoms with van der Waals surface area (Å²) in [7, 11) is -8.40. The van der Waals surface area contributed by atoms with E-state index >= 15 is 0 Å². The molecular formula is C20H12F17O3S2+. The second-order valence-corrected chi connectivity index (χ2v) is 12.1. The SMILES string of the molecule is C[S+](C)c1ccc(OS(=O)(=O)C(F)(F)C(F)(F)C(F)(F)C(F)(F)C(F)(F)C(F)(F)C(F)(F)C(F)(F)F)c2ccccc12. The molecule has 0 aromatic heterocycles. The summed E-state index contributed by atoms with van der Waals surface area (Å²) in [6.45, 7) is 0. The fourth-order valence-corrected chi connectivity index (χ4v) is 5.04. The zero-order valence-electron chi connectivity index (χ0n) is 19.9. The maximum absolute atomic E-state index is 14.4. The third-order valence-corrected chi connectivity index (χ3v) is 8.01. The van der Waals surface area contributed by atoms with Crippen LogP contribution in [0.3, 0.4) is 0 Å². The summed E-state index contributed by atoms with van der Waals surface area (Å²) in [5.41, 5.74) is 0. The molecule has 0 N–H and O–H groups in total. The fraction of sp³-hybridized carbons (Fsp3) is 0.500. The van der Waals surface area contributed by atoms with E-state index in [1.807, 2.05) is 0 Å². The van der Waals surface area contributed by atoms with Crippen molar-refractivity contribution in [3.8, 4) is 5.75 Å². The maximum atomic E-state index is 14.4. The first kappa shape index (κ1) is 35.8. The van der Waals surface area contributed by atoms with E-state index in [-0.39, 0.29) is 5.39 Å². The van der Waals surface area contributed by atoms with Crippen LogP contribution in [-0.2, 0) is 21.0 Å². The van der Waals surface area contributed by atoms with Gasteiger partial charge in [-0.2, -0.15) is 83.1 Å². The van der Waals surface area contributed by atoms with Crippen LogP contribution >= 0.6 is 0 Å². The average Bonchev–Trinajstić information content (AvgIpc) is 2.82. The van der Waals surface area contributed by atoms with Crippen molar-refractivity contribution < 1.29 is 87.2 Å². The van der Waals surface area contributed by atoms with Gasteiger partial charge >= 0.3 is 57.1 Å². The smallest absolute Gasteiger partial charge is 0.377 e. The van der Waals surface area contributed by atoms with E-state index in [0.29, 0.717) is 11.0 Å². The summed E-state index contributed by atoms with van der Waals surface area (Å²) in [6.07, 6.45) is -4.73. The third kappa shape index (κ3) is 4.79. The van der Waals surface area contributed by atoms with Crippen molar-refractivity contribution in [2.75, 3.05) is 12.5 Å². The monoisotopic (exact) mass is 687 g/mol. The molecule has 0 atom stereocenters. The van der Waals surface area contributed by atoms with E-state index in [2.05, 4.69) is 4.18 Å². The van der Waals surface area contributed by atoms with Crippen LogP contribution in [0, 0.1) is 0 Å². The lowest BCUT2D eigenvalue weighted by molar-refractivity contribution is -0.458. The lowest BCUT2D eigenvalue weighted by Gasteiger charge is -2.42. The highest BCUT2D eigenvalue weighted by atomic mass is 32.2. The van der Waals surface area contributed by atoms with Crippen molar-refractivity contribution in [1.82, 2.24) is 0 Å². The van der Waals surface area contributed by atoms with Gasteiger partial charge in [-0.3, -0.25) is 0 Å². The van der Waals surface area contributed by atoms with Crippen LogP contribution in [0.4, 0.5) is 74.6 Å². The Hall–Kier alpha value is -2.39. The quantitative estimate of drug-likeness (QED) is 0.146. The number of fused-ring (bicyclic) bond motifs is 1. The molecule has 0 heterocycles. The Morgan fingerprint density at radius 1 is 0.548 bits per heavy atom. The van der Waals surface area contributed by atoms with E-state index < -0.39 is 79.1 Å². The van der Waals surface area contributed by atoms with Gasteiger partial charge in [-0.25, -0.2) is 0 Å². The van der Waals surface area contributed by atoms with E-state index in [1.165, 1.54) is 12.1 Å². The molecule has 0 fully saturated rings. The predicted molar refractivity (Wildman–Crippen MR) is 112 cm³/mol. The first-order valence-electron chi connectivity index (χ1n) is 10.1. The molecule has 2 aromatic rings. The Bertz CT molecular complexity index is 1430. The third-order valence-electron chi connectivity index (χ3n) is 5.49. The number of halogens is 17. The standard InChI is InChI=1S/C20H12F17O3S2/c1-41(2)12-8-7-11(9-5-3-4-6-10(9)12)40-42(38,39)20(36,37)18(31,32)16(27,28)14(23,24)13(21,22)15(25,26)17(29,30)19(33,34)35/h3-8H,1-2H3/q+1. The zero-order valence-corrected chi connectivity index (χ0v) is 21.6. The summed E-state index contributed by atoms with van der Waals surface area (Å²) in [5.74, 6) is -53.4. The summed E-state index contributed by atoms with van der Waals surface area (Å²) >= 11 is 0. The van der Waals surface area contributed by atoms with Crippen LogP contribution in [0.2, 0.25) is 0 Å². The molecule has 0 unspecified atom stereocenters. The van der Waals surface area contributed by atoms with Crippen molar-refractivity contribution in [3.63, 3.8) is 0 Å². The van der Waals surface area contributed by atoms with Crippen molar-refractivity contribution in [1.29, 1.82) is 0 Å². The van der Waals surface area contributed by atoms with Gasteiger partial charge in [-0.1, -0.05) is 18.2 Å². The Balaban J connectivity index is 2.68. The van der Waals surface area contributed by atoms with Crippen LogP contribution in [-0.4, -0.2) is 67.9 Å². The first-order valence-corrected chi connectivity index (χ1v) is 13.6. The molecule has 0 saturated heterocycles. The van der Waals surface area contributed by atoms with Gasteiger partial charge in [0.05, 0.1) is 0 Å². The Labute approximate surface area is 226 Å². The number of hydrogen-bond donors (Lipinski definition) is 0. The van der Waals surface area contributed by atoms with Crippen LogP contribution in [0.25, 0.3) is 10.8 Å². The summed E-state index contributed by atoms with van der Waals surface area (Å²) < 4.78 is 257. The molecule has 2 rings (SSSR count). The summed E-state index contributed by atoms with van der Waals surface area (Å²) in [4.78, 5) is 0.359. The van der Waals surface area contributed by atoms with Gasteiger partial charge in [0.1, 0.15) is 12.5 Å². The second-order valence-electron chi connectivity index (χ2n) is 8.42. The second kappa shape index (κ2) is 10.1. The molecule has 3 nitrogen and oxygen atoms in total. The minimum atomic E-state index is -8.91. The van der Waals surface area contributed by atoms with Crippen molar-refractivity contribution in [2.24, 2.45) is 0 Å². The van der Waals surface area contributed by atoms with Gasteiger partial charge in [0.2, 0.25) is 0 Å². The van der Waals surface area contributed by atoms with Crippen LogP contribution in [0.1, 0.15) is 0 Å². The zero-order chi connectivity index (χ0) is 33.3. The van der Waals surface area contributed by atoms with Gasteiger partial charge in [-0.15, -0.1) is 0 Å². The molecule has 0 radical (unpaired) electrons. The van der Waals surface area contributed by atoms with E-state index in [9.17, 15) is 83.1 Å². The number of hydrogen-bond acceptors (Lipinski definition) is 3. The van der Waals surface area contributed by atoms with Crippen molar-refractivity contribution >= 4 is 31.8 Å². The summed E-state index contributed by atoms with van der Waals surface area (Å²) in [5, 5.41) is -8.25. The molecule has 42 heavy (non-hydrogen) atoms. The van der Waals surface area contributed by atoms with Crippen LogP contribution in [0.5, 0.6) is 5.75 Å². The highest BCUT2D eigenvalue weighted by Gasteiger charge is 2.96. The topological polar surface area (TPSA) is 43.4 Å². The van der Waals surface area contributed by atoms with Crippen LogP contribution < -0.4 is 4.18 Å². The molecule has 0 bridgehead atoms. The molecular weight excluding hydrogens is 675 g/mol. The normalized spacial score (nSPS) is 15.4. The predicted octanol–water partition coefficient (Wildman–Crippen LogP) is 7.75. The number of alkyl halides is 17. The molecule has 240 valence electrons. The first-order chi connectivity index (χ1) is 18.4. The van der Waals surface area contributed by atoms with Crippen LogP contribution in [0.15, 0.2) is 41.3 Å². The number of benzene rings is 2. The maximum Gasteiger partial charge on any atom is 0.460 e. The van der Waals surface area contributed by atoms with Gasteiger partial charge in [-0.05, 0) is 18.2 Å². The molecule has 0 amide bonds. The van der Waals surface area contributed by atoms with Crippen molar-refractivity contribution in [3.05, 3.63) is 36.4 Å². The van der Waals surface area contributed by atoms with E-state index in [0.717, 1.165) is 18.2 Å². The van der Waals surface area contributed by atoms with E-state index in [1.54, 1.807) is 12.5 Å². The Morgan fingerprint density at radius 2 is 0.929 bits per heavy atom. The van der Waals surface area contributed by atoms with Gasteiger partial charge in [0.25, 0.3) is 0 Å². The van der Waals surface area contributed by atoms with Crippen molar-refractivity contribution in [2.45, 2.75) is 51.9 Å². The van der Waals surface area contributed by atoms with Gasteiger partial charge in [0.15, 0.2) is 10.6 Å². The minimum Gasteiger partial charge on any atom is -0.377 e. The van der Waals surface area contributed by atoms with E-state index in [4.69, 9.17) is 0 Å². The largest absolute Gasteiger partial charge is 0.460 e. The number of rotatable bonds is 10. The summed E-state index contributed by atoms with van der Waals surface area (Å²) in [6, 6.07) is 5.99. The van der Waals surface area contributed by atoms with Gasteiger partial charge < -0.3 is 4.18 Å². The average molecular weight is 687 g/mol. The molecule has 0 aliphatic rings. The molecule has 0 aliphatic heterocycles. The Morgan fingerprint density at radius 3 is 1.33 bits per heavy atom. The molecule has 0 saturated carbocycles. The molecule has 0 aliphatic carbocycles. The molecule has 22 heteroatoms. The fourth-order valence-electron chi connectivity index (χ4n) is 3.15. The highest BCUT2D eigenvalue weighted by molar-refractivity contribution is 7.95.